The monoisotopic (exact) mass is 207 g/mol. The molecule has 0 aliphatic carbocycles. The van der Waals surface area contributed by atoms with Crippen LogP contribution in [0.25, 0.3) is 0 Å². The molecule has 0 bridgehead atoms. The number of ketones is 1. The Labute approximate surface area is 92.5 Å². The van der Waals surface area contributed by atoms with Gasteiger partial charge < -0.3 is 5.73 Å². The first-order valence-electron chi connectivity index (χ1n) is 5.44. The van der Waals surface area contributed by atoms with Gasteiger partial charge in [-0.2, -0.15) is 0 Å². The zero-order valence-corrected chi connectivity index (χ0v) is 9.70. The van der Waals surface area contributed by atoms with Crippen LogP contribution in [-0.2, 0) is 11.2 Å². The van der Waals surface area contributed by atoms with Crippen molar-refractivity contribution in [2.24, 2.45) is 5.73 Å². The largest absolute Gasteiger partial charge is 0.330 e. The van der Waals surface area contributed by atoms with Gasteiger partial charge in [-0.05, 0) is 25.5 Å². The SMILES string of the molecule is CC(=O)Cc1ccccc1.CCCCN. The number of benzene rings is 1. The topological polar surface area (TPSA) is 43.1 Å². The Bertz CT molecular complexity index is 254. The van der Waals surface area contributed by atoms with Crippen LogP contribution < -0.4 is 5.73 Å². The first-order chi connectivity index (χ1) is 7.20. The van der Waals surface area contributed by atoms with Gasteiger partial charge in [0.2, 0.25) is 0 Å². The van der Waals surface area contributed by atoms with Gasteiger partial charge in [0, 0.05) is 6.42 Å². The molecule has 0 aliphatic heterocycles. The van der Waals surface area contributed by atoms with Gasteiger partial charge in [-0.25, -0.2) is 0 Å². The molecule has 0 aliphatic rings. The Morgan fingerprint density at radius 1 is 1.27 bits per heavy atom. The number of hydrogen-bond acceptors (Lipinski definition) is 2. The van der Waals surface area contributed by atoms with Crippen molar-refractivity contribution in [2.75, 3.05) is 6.54 Å². The van der Waals surface area contributed by atoms with Crippen molar-refractivity contribution in [1.82, 2.24) is 0 Å². The standard InChI is InChI=1S/C9H10O.C4H11N/c1-8(10)7-9-5-3-2-4-6-9;1-2-3-4-5/h2-6H,7H2,1H3;2-5H2,1H3. The summed E-state index contributed by atoms with van der Waals surface area (Å²) in [6, 6.07) is 9.75. The van der Waals surface area contributed by atoms with E-state index >= 15 is 0 Å². The van der Waals surface area contributed by atoms with Crippen LogP contribution in [0.2, 0.25) is 0 Å². The predicted molar refractivity (Wildman–Crippen MR) is 64.8 cm³/mol. The molecule has 0 saturated carbocycles. The van der Waals surface area contributed by atoms with E-state index in [2.05, 4.69) is 6.92 Å². The quantitative estimate of drug-likeness (QED) is 0.824. The van der Waals surface area contributed by atoms with Gasteiger partial charge in [0.15, 0.2) is 0 Å². The van der Waals surface area contributed by atoms with Crippen LogP contribution in [0.1, 0.15) is 32.3 Å². The number of Topliss-reactive ketones (excluding diaryl/α,β-unsaturated/α-hetero) is 1. The summed E-state index contributed by atoms with van der Waals surface area (Å²) in [5.74, 6) is 0.214. The second kappa shape index (κ2) is 9.41. The lowest BCUT2D eigenvalue weighted by Crippen LogP contribution is -1.95. The summed E-state index contributed by atoms with van der Waals surface area (Å²) in [7, 11) is 0. The van der Waals surface area contributed by atoms with Crippen molar-refractivity contribution < 1.29 is 4.79 Å². The van der Waals surface area contributed by atoms with Crippen molar-refractivity contribution in [3.8, 4) is 0 Å². The van der Waals surface area contributed by atoms with Gasteiger partial charge in [0.05, 0.1) is 0 Å². The van der Waals surface area contributed by atoms with E-state index in [1.807, 2.05) is 30.3 Å². The van der Waals surface area contributed by atoms with E-state index in [-0.39, 0.29) is 5.78 Å². The normalized spacial score (nSPS) is 9.00. The van der Waals surface area contributed by atoms with E-state index in [0.717, 1.165) is 12.1 Å². The van der Waals surface area contributed by atoms with Crippen molar-refractivity contribution in [3.05, 3.63) is 35.9 Å². The summed E-state index contributed by atoms with van der Waals surface area (Å²) >= 11 is 0. The number of rotatable bonds is 4. The summed E-state index contributed by atoms with van der Waals surface area (Å²) in [5, 5.41) is 0. The Morgan fingerprint density at radius 3 is 2.20 bits per heavy atom. The predicted octanol–water partition coefficient (Wildman–Crippen LogP) is 2.56. The highest BCUT2D eigenvalue weighted by atomic mass is 16.1. The molecule has 1 rings (SSSR count). The third-order valence-corrected chi connectivity index (χ3v) is 1.85. The van der Waals surface area contributed by atoms with Crippen LogP contribution in [0.15, 0.2) is 30.3 Å². The fraction of sp³-hybridized carbons (Fsp3) is 0.462. The minimum absolute atomic E-state index is 0.214. The van der Waals surface area contributed by atoms with Crippen molar-refractivity contribution in [2.45, 2.75) is 33.1 Å². The number of unbranched alkanes of at least 4 members (excludes halogenated alkanes) is 1. The van der Waals surface area contributed by atoms with E-state index in [0.29, 0.717) is 6.42 Å². The van der Waals surface area contributed by atoms with Gasteiger partial charge in [-0.15, -0.1) is 0 Å². The van der Waals surface area contributed by atoms with Crippen molar-refractivity contribution >= 4 is 5.78 Å². The van der Waals surface area contributed by atoms with Crippen LogP contribution in [0.4, 0.5) is 0 Å². The molecule has 0 atom stereocenters. The summed E-state index contributed by atoms with van der Waals surface area (Å²) < 4.78 is 0. The summed E-state index contributed by atoms with van der Waals surface area (Å²) in [6.07, 6.45) is 2.94. The van der Waals surface area contributed by atoms with E-state index < -0.39 is 0 Å². The maximum absolute atomic E-state index is 10.6. The highest BCUT2D eigenvalue weighted by molar-refractivity contribution is 5.78. The molecular weight excluding hydrogens is 186 g/mol. The van der Waals surface area contributed by atoms with Crippen LogP contribution in [0.5, 0.6) is 0 Å². The zero-order chi connectivity index (χ0) is 11.5. The average Bonchev–Trinajstić information content (AvgIpc) is 2.20. The van der Waals surface area contributed by atoms with Gasteiger partial charge in [-0.1, -0.05) is 43.7 Å². The highest BCUT2D eigenvalue weighted by Crippen LogP contribution is 1.98. The molecule has 1 aromatic rings. The van der Waals surface area contributed by atoms with Gasteiger partial charge in [0.25, 0.3) is 0 Å². The maximum atomic E-state index is 10.6. The fourth-order valence-electron chi connectivity index (χ4n) is 1.09. The molecule has 2 nitrogen and oxygen atoms in total. The minimum Gasteiger partial charge on any atom is -0.330 e. The molecule has 0 spiro atoms. The second-order valence-electron chi connectivity index (χ2n) is 3.51. The van der Waals surface area contributed by atoms with E-state index in [9.17, 15) is 4.79 Å². The van der Waals surface area contributed by atoms with Gasteiger partial charge in [-0.3, -0.25) is 4.79 Å². The van der Waals surface area contributed by atoms with E-state index in [1.165, 1.54) is 12.8 Å². The Morgan fingerprint density at radius 2 is 1.87 bits per heavy atom. The number of hydrogen-bond donors (Lipinski definition) is 1. The molecular formula is C13H21NO. The third-order valence-electron chi connectivity index (χ3n) is 1.85. The Balaban J connectivity index is 0.000000336. The molecule has 15 heavy (non-hydrogen) atoms. The Hall–Kier alpha value is -1.15. The molecule has 84 valence electrons. The maximum Gasteiger partial charge on any atom is 0.134 e. The fourth-order valence-corrected chi connectivity index (χ4v) is 1.09. The van der Waals surface area contributed by atoms with Crippen LogP contribution in [0, 0.1) is 0 Å². The first-order valence-corrected chi connectivity index (χ1v) is 5.44. The lowest BCUT2D eigenvalue weighted by molar-refractivity contribution is -0.116. The summed E-state index contributed by atoms with van der Waals surface area (Å²) in [6.45, 7) is 4.58. The van der Waals surface area contributed by atoms with Crippen LogP contribution in [-0.4, -0.2) is 12.3 Å². The molecule has 0 saturated heterocycles. The van der Waals surface area contributed by atoms with Gasteiger partial charge in [0.1, 0.15) is 5.78 Å². The second-order valence-corrected chi connectivity index (χ2v) is 3.51. The summed E-state index contributed by atoms with van der Waals surface area (Å²) in [5.41, 5.74) is 6.23. The molecule has 1 aromatic carbocycles. The van der Waals surface area contributed by atoms with E-state index in [1.54, 1.807) is 6.92 Å². The number of nitrogens with two attached hydrogens (primary N) is 1. The zero-order valence-electron chi connectivity index (χ0n) is 9.70. The smallest absolute Gasteiger partial charge is 0.134 e. The lowest BCUT2D eigenvalue weighted by Gasteiger charge is -1.93. The first kappa shape index (κ1) is 13.8. The molecule has 0 radical (unpaired) electrons. The Kier molecular flexibility index (Phi) is 8.69. The molecule has 0 unspecified atom stereocenters. The molecule has 2 heteroatoms. The average molecular weight is 207 g/mol. The molecule has 2 N–H and O–H groups in total. The van der Waals surface area contributed by atoms with Gasteiger partial charge >= 0.3 is 0 Å². The van der Waals surface area contributed by atoms with Crippen LogP contribution in [0.3, 0.4) is 0 Å². The third kappa shape index (κ3) is 9.16. The van der Waals surface area contributed by atoms with Crippen molar-refractivity contribution in [1.29, 1.82) is 0 Å². The van der Waals surface area contributed by atoms with E-state index in [4.69, 9.17) is 5.73 Å². The highest BCUT2D eigenvalue weighted by Gasteiger charge is 1.93. The number of carbonyl (C=O) groups is 1. The number of carbonyl (C=O) groups excluding carboxylic acids is 1. The lowest BCUT2D eigenvalue weighted by atomic mass is 10.1. The molecule has 0 heterocycles. The van der Waals surface area contributed by atoms with Crippen LogP contribution >= 0.6 is 0 Å². The molecule has 0 aromatic heterocycles. The van der Waals surface area contributed by atoms with Crippen molar-refractivity contribution in [3.63, 3.8) is 0 Å². The minimum atomic E-state index is 0.214. The summed E-state index contributed by atoms with van der Waals surface area (Å²) in [4.78, 5) is 10.6. The molecule has 0 amide bonds. The molecule has 0 fully saturated rings.